The summed E-state index contributed by atoms with van der Waals surface area (Å²) in [7, 11) is 1.68. The first kappa shape index (κ1) is 24.2. The molecule has 1 amide bonds. The number of hydrazone groups is 1. The zero-order chi connectivity index (χ0) is 22.6. The maximum atomic E-state index is 13.7. The van der Waals surface area contributed by atoms with Gasteiger partial charge >= 0.3 is 0 Å². The summed E-state index contributed by atoms with van der Waals surface area (Å²) in [6.45, 7) is 11.2. The van der Waals surface area contributed by atoms with Gasteiger partial charge in [-0.3, -0.25) is 15.1 Å². The Kier molecular flexibility index (Phi) is 9.78. The first-order valence-electron chi connectivity index (χ1n) is 10.7. The third-order valence-corrected chi connectivity index (χ3v) is 5.41. The van der Waals surface area contributed by atoms with Gasteiger partial charge in [0.25, 0.3) is 5.91 Å². The third-order valence-electron chi connectivity index (χ3n) is 5.41. The van der Waals surface area contributed by atoms with Gasteiger partial charge in [-0.25, -0.2) is 0 Å². The van der Waals surface area contributed by atoms with Crippen molar-refractivity contribution in [2.45, 2.75) is 44.6 Å². The fourth-order valence-electron chi connectivity index (χ4n) is 3.86. The van der Waals surface area contributed by atoms with E-state index in [0.29, 0.717) is 29.7 Å². The van der Waals surface area contributed by atoms with Crippen molar-refractivity contribution < 1.29 is 9.90 Å². The third kappa shape index (κ3) is 6.43. The van der Waals surface area contributed by atoms with E-state index in [2.05, 4.69) is 35.6 Å². The minimum atomic E-state index is -1.14. The topological polar surface area (TPSA) is 77.0 Å². The number of allylic oxidation sites excluding steroid dienone is 7. The van der Waals surface area contributed by atoms with Gasteiger partial charge in [0.1, 0.15) is 17.8 Å². The largest absolute Gasteiger partial charge is 0.384 e. The quantitative estimate of drug-likeness (QED) is 0.464. The summed E-state index contributed by atoms with van der Waals surface area (Å²) in [5.41, 5.74) is 3.70. The summed E-state index contributed by atoms with van der Waals surface area (Å²) < 4.78 is 0. The number of nitrogens with zero attached hydrogens (tertiary/aromatic N) is 2. The molecule has 2 aliphatic rings. The van der Waals surface area contributed by atoms with E-state index < -0.39 is 6.10 Å². The Labute approximate surface area is 185 Å². The Morgan fingerprint density at radius 3 is 2.58 bits per heavy atom. The number of aliphatic hydroxyl groups excluding tert-OH is 1. The van der Waals surface area contributed by atoms with Crippen LogP contribution in [-0.4, -0.2) is 34.9 Å². The number of amidine groups is 1. The van der Waals surface area contributed by atoms with E-state index >= 15 is 0 Å². The number of hydrogen-bond acceptors (Lipinski definition) is 5. The van der Waals surface area contributed by atoms with E-state index in [1.165, 1.54) is 24.2 Å². The van der Waals surface area contributed by atoms with E-state index in [1.54, 1.807) is 55.7 Å². The molecule has 1 heterocycles. The fraction of sp³-hybridized carbons (Fsp3) is 0.360. The minimum Gasteiger partial charge on any atom is -0.384 e. The number of carbonyl (C=O) groups excluding carboxylic acids is 1. The molecule has 0 aromatic rings. The zero-order valence-electron chi connectivity index (χ0n) is 18.4. The van der Waals surface area contributed by atoms with Crippen molar-refractivity contribution in [3.8, 4) is 0 Å². The van der Waals surface area contributed by atoms with Crippen molar-refractivity contribution in [2.24, 2.45) is 11.0 Å². The Morgan fingerprint density at radius 1 is 1.23 bits per heavy atom. The number of amides is 1. The van der Waals surface area contributed by atoms with Crippen LogP contribution in [-0.2, 0) is 4.79 Å². The van der Waals surface area contributed by atoms with Crippen LogP contribution >= 0.6 is 0 Å². The molecule has 1 fully saturated rings. The average Bonchev–Trinajstić information content (AvgIpc) is 2.92. The second kappa shape index (κ2) is 12.5. The van der Waals surface area contributed by atoms with Crippen molar-refractivity contribution >= 4 is 11.7 Å². The first-order chi connectivity index (χ1) is 15.1. The molecule has 166 valence electrons. The van der Waals surface area contributed by atoms with E-state index in [1.807, 2.05) is 0 Å². The SMILES string of the molecule is C=C/C=C\C=C\C(O)C1=C(NC)NN=C(CC2CCCCC2)N(/C(C=C)=C/C=C)C1=O. The van der Waals surface area contributed by atoms with Crippen LogP contribution in [0.4, 0.5) is 0 Å². The minimum absolute atomic E-state index is 0.171. The lowest BCUT2D eigenvalue weighted by molar-refractivity contribution is -0.122. The summed E-state index contributed by atoms with van der Waals surface area (Å²) in [6, 6.07) is 0. The van der Waals surface area contributed by atoms with Crippen LogP contribution in [0.15, 0.2) is 90.5 Å². The first-order valence-corrected chi connectivity index (χ1v) is 10.7. The van der Waals surface area contributed by atoms with Crippen molar-refractivity contribution in [1.29, 1.82) is 0 Å². The second-order valence-corrected chi connectivity index (χ2v) is 7.51. The van der Waals surface area contributed by atoms with Gasteiger partial charge in [0, 0.05) is 19.2 Å². The molecule has 0 radical (unpaired) electrons. The van der Waals surface area contributed by atoms with Crippen LogP contribution in [0.1, 0.15) is 38.5 Å². The highest BCUT2D eigenvalue weighted by molar-refractivity contribution is 6.09. The van der Waals surface area contributed by atoms with Gasteiger partial charge < -0.3 is 10.4 Å². The summed E-state index contributed by atoms with van der Waals surface area (Å²) in [5.74, 6) is 1.07. The van der Waals surface area contributed by atoms with Crippen LogP contribution in [0.2, 0.25) is 0 Å². The highest BCUT2D eigenvalue weighted by Crippen LogP contribution is 2.29. The Balaban J connectivity index is 2.46. The van der Waals surface area contributed by atoms with E-state index in [4.69, 9.17) is 0 Å². The zero-order valence-corrected chi connectivity index (χ0v) is 18.4. The van der Waals surface area contributed by atoms with Crippen LogP contribution in [0.3, 0.4) is 0 Å². The monoisotopic (exact) mass is 422 g/mol. The van der Waals surface area contributed by atoms with Gasteiger partial charge in [-0.2, -0.15) is 5.10 Å². The molecule has 31 heavy (non-hydrogen) atoms. The molecule has 0 aromatic heterocycles. The molecular weight excluding hydrogens is 388 g/mol. The molecule has 6 nitrogen and oxygen atoms in total. The maximum absolute atomic E-state index is 13.7. The second-order valence-electron chi connectivity index (χ2n) is 7.51. The lowest BCUT2D eigenvalue weighted by Gasteiger charge is -2.29. The van der Waals surface area contributed by atoms with Gasteiger partial charge in [0.2, 0.25) is 0 Å². The summed E-state index contributed by atoms with van der Waals surface area (Å²) in [6.07, 6.45) is 18.7. The Morgan fingerprint density at radius 2 is 1.97 bits per heavy atom. The summed E-state index contributed by atoms with van der Waals surface area (Å²) in [5, 5.41) is 18.4. The molecule has 0 aromatic carbocycles. The van der Waals surface area contributed by atoms with E-state index in [0.717, 1.165) is 12.8 Å². The smallest absolute Gasteiger partial charge is 0.266 e. The number of nitrogens with one attached hydrogen (secondary N) is 2. The molecule has 2 rings (SSSR count). The standard InChI is InChI=1S/C25H34N4O2/c1-5-8-9-13-17-21(30)23-24(26-4)28-27-22(18-19-15-11-10-12-16-19)29(25(23)31)20(7-3)14-6-2/h5-9,13-14,17,19,21,26,28,30H,1-3,10-12,15-16,18H2,4H3/b9-8-,17-13+,20-14+. The number of rotatable bonds is 10. The van der Waals surface area contributed by atoms with Crippen LogP contribution in [0.25, 0.3) is 0 Å². The lowest BCUT2D eigenvalue weighted by Crippen LogP contribution is -2.39. The van der Waals surface area contributed by atoms with Gasteiger partial charge in [-0.05, 0) is 18.1 Å². The van der Waals surface area contributed by atoms with Crippen molar-refractivity contribution in [1.82, 2.24) is 15.6 Å². The molecule has 6 heteroatoms. The van der Waals surface area contributed by atoms with Crippen molar-refractivity contribution in [3.05, 3.63) is 85.4 Å². The van der Waals surface area contributed by atoms with Crippen molar-refractivity contribution in [2.75, 3.05) is 7.05 Å². The fourth-order valence-corrected chi connectivity index (χ4v) is 3.86. The molecule has 3 N–H and O–H groups in total. The molecule has 0 saturated heterocycles. The van der Waals surface area contributed by atoms with Gasteiger partial charge in [0.15, 0.2) is 0 Å². The Bertz CT molecular complexity index is 826. The number of carbonyl (C=O) groups is 1. The van der Waals surface area contributed by atoms with Crippen molar-refractivity contribution in [3.63, 3.8) is 0 Å². The average molecular weight is 423 g/mol. The summed E-state index contributed by atoms with van der Waals surface area (Å²) in [4.78, 5) is 15.3. The molecule has 1 aliphatic carbocycles. The predicted octanol–water partition coefficient (Wildman–Crippen LogP) is 4.05. The van der Waals surface area contributed by atoms with Gasteiger partial charge in [0.05, 0.1) is 5.57 Å². The van der Waals surface area contributed by atoms with Gasteiger partial charge in [-0.1, -0.05) is 88.3 Å². The number of aliphatic hydroxyl groups is 1. The molecule has 1 unspecified atom stereocenters. The van der Waals surface area contributed by atoms with Crippen LogP contribution in [0, 0.1) is 5.92 Å². The highest BCUT2D eigenvalue weighted by atomic mass is 16.3. The van der Waals surface area contributed by atoms with E-state index in [9.17, 15) is 9.90 Å². The lowest BCUT2D eigenvalue weighted by atomic mass is 9.86. The molecule has 1 saturated carbocycles. The normalized spacial score (nSPS) is 19.8. The molecule has 1 atom stereocenters. The number of hydrogen-bond donors (Lipinski definition) is 3. The van der Waals surface area contributed by atoms with Crippen LogP contribution in [0.5, 0.6) is 0 Å². The van der Waals surface area contributed by atoms with E-state index in [-0.39, 0.29) is 11.5 Å². The van der Waals surface area contributed by atoms with Gasteiger partial charge in [-0.15, -0.1) is 0 Å². The Hall–Kier alpha value is -3.12. The molecule has 0 spiro atoms. The summed E-state index contributed by atoms with van der Waals surface area (Å²) >= 11 is 0. The molecular formula is C25H34N4O2. The highest BCUT2D eigenvalue weighted by Gasteiger charge is 2.34. The molecule has 0 bridgehead atoms. The predicted molar refractivity (Wildman–Crippen MR) is 128 cm³/mol. The molecule has 1 aliphatic heterocycles. The van der Waals surface area contributed by atoms with Crippen LogP contribution < -0.4 is 10.7 Å². The maximum Gasteiger partial charge on any atom is 0.266 e.